The topological polar surface area (TPSA) is 69.7 Å². The summed E-state index contributed by atoms with van der Waals surface area (Å²) in [5, 5.41) is 0. The lowest BCUT2D eigenvalue weighted by atomic mass is 9.74. The number of hydrogen-bond acceptors (Lipinski definition) is 5. The Kier molecular flexibility index (Phi) is 5.19. The van der Waals surface area contributed by atoms with E-state index in [1.807, 2.05) is 6.07 Å². The lowest BCUT2D eigenvalue weighted by Crippen LogP contribution is -2.39. The van der Waals surface area contributed by atoms with Crippen LogP contribution >= 0.6 is 0 Å². The van der Waals surface area contributed by atoms with Gasteiger partial charge in [-0.2, -0.15) is 0 Å². The summed E-state index contributed by atoms with van der Waals surface area (Å²) in [5.74, 6) is -1.28. The van der Waals surface area contributed by atoms with Crippen LogP contribution in [-0.4, -0.2) is 31.6 Å². The first-order chi connectivity index (χ1) is 10.9. The zero-order valence-electron chi connectivity index (χ0n) is 13.9. The van der Waals surface area contributed by atoms with Crippen molar-refractivity contribution >= 4 is 17.3 Å². The van der Waals surface area contributed by atoms with E-state index >= 15 is 0 Å². The first kappa shape index (κ1) is 17.2. The van der Waals surface area contributed by atoms with Gasteiger partial charge in [0.25, 0.3) is 0 Å². The number of hydrogen-bond donors (Lipinski definition) is 0. The maximum absolute atomic E-state index is 12.3. The molecule has 0 unspecified atom stereocenters. The van der Waals surface area contributed by atoms with Crippen LogP contribution in [-0.2, 0) is 14.4 Å². The maximum Gasteiger partial charge on any atom is 0.160 e. The van der Waals surface area contributed by atoms with E-state index in [1.165, 1.54) is 7.11 Å². The lowest BCUT2D eigenvalue weighted by Gasteiger charge is -2.27. The molecule has 0 amide bonds. The van der Waals surface area contributed by atoms with Crippen molar-refractivity contribution in [2.45, 2.75) is 32.6 Å². The molecule has 0 heterocycles. The van der Waals surface area contributed by atoms with Gasteiger partial charge in [0.2, 0.25) is 0 Å². The van der Waals surface area contributed by atoms with Gasteiger partial charge >= 0.3 is 0 Å². The summed E-state index contributed by atoms with van der Waals surface area (Å²) < 4.78 is 10.5. The number of ether oxygens (including phenoxy) is 2. The van der Waals surface area contributed by atoms with E-state index in [4.69, 9.17) is 9.47 Å². The van der Waals surface area contributed by atoms with E-state index < -0.39 is 5.92 Å². The standard InChI is InChI=1S/C18H22O5/c1-10(2)18(21)17-13(19)7-12(8-14(17)20)11-5-6-15(22-3)16(9-11)23-4/h5-6,9-10,12,17H,7-8H2,1-4H3. The van der Waals surface area contributed by atoms with Crippen LogP contribution in [0.15, 0.2) is 18.2 Å². The third-order valence-corrected chi connectivity index (χ3v) is 4.27. The molecule has 0 bridgehead atoms. The van der Waals surface area contributed by atoms with Crippen molar-refractivity contribution in [1.82, 2.24) is 0 Å². The van der Waals surface area contributed by atoms with Crippen LogP contribution < -0.4 is 9.47 Å². The quantitative estimate of drug-likeness (QED) is 0.780. The summed E-state index contributed by atoms with van der Waals surface area (Å²) in [7, 11) is 3.09. The molecular formula is C18H22O5. The fourth-order valence-corrected chi connectivity index (χ4v) is 2.97. The van der Waals surface area contributed by atoms with Crippen LogP contribution in [0.3, 0.4) is 0 Å². The molecule has 1 fully saturated rings. The van der Waals surface area contributed by atoms with Crippen LogP contribution in [0.25, 0.3) is 0 Å². The lowest BCUT2D eigenvalue weighted by molar-refractivity contribution is -0.143. The normalized spacial score (nSPS) is 21.4. The Morgan fingerprint density at radius 3 is 2.09 bits per heavy atom. The fourth-order valence-electron chi connectivity index (χ4n) is 2.97. The van der Waals surface area contributed by atoms with Crippen LogP contribution in [0.2, 0.25) is 0 Å². The molecule has 0 spiro atoms. The summed E-state index contributed by atoms with van der Waals surface area (Å²) in [6, 6.07) is 5.38. The number of ketones is 3. The van der Waals surface area contributed by atoms with E-state index in [9.17, 15) is 14.4 Å². The molecule has 5 nitrogen and oxygen atoms in total. The molecule has 1 aromatic carbocycles. The molecular weight excluding hydrogens is 296 g/mol. The van der Waals surface area contributed by atoms with Crippen molar-refractivity contribution in [3.63, 3.8) is 0 Å². The van der Waals surface area contributed by atoms with Crippen molar-refractivity contribution in [1.29, 1.82) is 0 Å². The summed E-state index contributed by atoms with van der Waals surface area (Å²) >= 11 is 0. The zero-order chi connectivity index (χ0) is 17.1. The Bertz CT molecular complexity index is 614. The highest BCUT2D eigenvalue weighted by Crippen LogP contribution is 2.37. The molecule has 0 aliphatic heterocycles. The van der Waals surface area contributed by atoms with Gasteiger partial charge in [0.1, 0.15) is 5.92 Å². The van der Waals surface area contributed by atoms with Gasteiger partial charge in [-0.1, -0.05) is 19.9 Å². The number of carbonyl (C=O) groups excluding carboxylic acids is 3. The predicted molar refractivity (Wildman–Crippen MR) is 84.9 cm³/mol. The van der Waals surface area contributed by atoms with Crippen molar-refractivity contribution in [3.8, 4) is 11.5 Å². The highest BCUT2D eigenvalue weighted by Gasteiger charge is 2.41. The van der Waals surface area contributed by atoms with Crippen molar-refractivity contribution < 1.29 is 23.9 Å². The Morgan fingerprint density at radius 1 is 1.04 bits per heavy atom. The van der Waals surface area contributed by atoms with Crippen LogP contribution in [0.4, 0.5) is 0 Å². The smallest absolute Gasteiger partial charge is 0.160 e. The van der Waals surface area contributed by atoms with Crippen molar-refractivity contribution in [2.24, 2.45) is 11.8 Å². The first-order valence-electron chi connectivity index (χ1n) is 7.70. The number of carbonyl (C=O) groups is 3. The molecule has 1 aromatic rings. The molecule has 23 heavy (non-hydrogen) atoms. The zero-order valence-corrected chi connectivity index (χ0v) is 13.9. The third-order valence-electron chi connectivity index (χ3n) is 4.27. The molecule has 5 heteroatoms. The Morgan fingerprint density at radius 2 is 1.61 bits per heavy atom. The van der Waals surface area contributed by atoms with Crippen LogP contribution in [0.5, 0.6) is 11.5 Å². The molecule has 0 atom stereocenters. The highest BCUT2D eigenvalue weighted by atomic mass is 16.5. The molecule has 0 saturated heterocycles. The van der Waals surface area contributed by atoms with Crippen LogP contribution in [0.1, 0.15) is 38.2 Å². The SMILES string of the molecule is COc1ccc(C2CC(=O)C(C(=O)C(C)C)C(=O)C2)cc1OC. The monoisotopic (exact) mass is 318 g/mol. The maximum atomic E-state index is 12.3. The van der Waals surface area contributed by atoms with Gasteiger partial charge in [0, 0.05) is 18.8 Å². The summed E-state index contributed by atoms with van der Waals surface area (Å²) in [5.41, 5.74) is 0.847. The highest BCUT2D eigenvalue weighted by molar-refractivity contribution is 6.21. The molecule has 124 valence electrons. The molecule has 0 N–H and O–H groups in total. The molecule has 1 saturated carbocycles. The van der Waals surface area contributed by atoms with Gasteiger partial charge in [-0.3, -0.25) is 14.4 Å². The van der Waals surface area contributed by atoms with Gasteiger partial charge in [-0.15, -0.1) is 0 Å². The van der Waals surface area contributed by atoms with E-state index in [1.54, 1.807) is 33.1 Å². The minimum atomic E-state index is -1.08. The van der Waals surface area contributed by atoms with E-state index in [-0.39, 0.29) is 42.0 Å². The number of rotatable bonds is 5. The average molecular weight is 318 g/mol. The second-order valence-electron chi connectivity index (χ2n) is 6.14. The Balaban J connectivity index is 2.23. The first-order valence-corrected chi connectivity index (χ1v) is 7.70. The van der Waals surface area contributed by atoms with E-state index in [0.29, 0.717) is 11.5 Å². The van der Waals surface area contributed by atoms with Gasteiger partial charge in [0.15, 0.2) is 28.8 Å². The minimum Gasteiger partial charge on any atom is -0.493 e. The second kappa shape index (κ2) is 6.94. The molecule has 1 aliphatic rings. The summed E-state index contributed by atoms with van der Waals surface area (Å²) in [4.78, 5) is 36.7. The van der Waals surface area contributed by atoms with Crippen LogP contribution in [0, 0.1) is 11.8 Å². The van der Waals surface area contributed by atoms with Gasteiger partial charge in [-0.05, 0) is 23.6 Å². The Hall–Kier alpha value is -2.17. The van der Waals surface area contributed by atoms with Gasteiger partial charge in [0.05, 0.1) is 14.2 Å². The average Bonchev–Trinajstić information content (AvgIpc) is 2.53. The van der Waals surface area contributed by atoms with Crippen molar-refractivity contribution in [3.05, 3.63) is 23.8 Å². The molecule has 1 aliphatic carbocycles. The van der Waals surface area contributed by atoms with E-state index in [0.717, 1.165) is 5.56 Å². The number of methoxy groups -OCH3 is 2. The molecule has 0 radical (unpaired) electrons. The van der Waals surface area contributed by atoms with Crippen molar-refractivity contribution in [2.75, 3.05) is 14.2 Å². The molecule has 2 rings (SSSR count). The Labute approximate surface area is 136 Å². The minimum absolute atomic E-state index is 0.199. The second-order valence-corrected chi connectivity index (χ2v) is 6.14. The summed E-state index contributed by atoms with van der Waals surface area (Å²) in [6.07, 6.45) is 0.398. The largest absolute Gasteiger partial charge is 0.493 e. The fraction of sp³-hybridized carbons (Fsp3) is 0.500. The summed E-state index contributed by atoms with van der Waals surface area (Å²) in [6.45, 7) is 3.42. The van der Waals surface area contributed by atoms with Gasteiger partial charge < -0.3 is 9.47 Å². The van der Waals surface area contributed by atoms with E-state index in [2.05, 4.69) is 0 Å². The third kappa shape index (κ3) is 3.44. The number of benzene rings is 1. The molecule has 0 aromatic heterocycles. The predicted octanol–water partition coefficient (Wildman–Crippen LogP) is 2.56. The van der Waals surface area contributed by atoms with Gasteiger partial charge in [-0.25, -0.2) is 0 Å². The number of Topliss-reactive ketones (excluding diaryl/α,β-unsaturated/α-hetero) is 3.